The van der Waals surface area contributed by atoms with Gasteiger partial charge in [0.05, 0.1) is 6.61 Å². The minimum absolute atomic E-state index is 0. The van der Waals surface area contributed by atoms with E-state index in [4.69, 9.17) is 4.74 Å². The molecule has 142 valence electrons. The van der Waals surface area contributed by atoms with E-state index in [0.29, 0.717) is 12.1 Å². The summed E-state index contributed by atoms with van der Waals surface area (Å²) < 4.78 is 5.17. The van der Waals surface area contributed by atoms with Gasteiger partial charge in [0.25, 0.3) is 0 Å². The lowest BCUT2D eigenvalue weighted by Gasteiger charge is -2.32. The molecule has 1 N–H and O–H groups in total. The van der Waals surface area contributed by atoms with Crippen LogP contribution >= 0.6 is 24.8 Å². The molecule has 0 bridgehead atoms. The number of benzene rings is 1. The highest BCUT2D eigenvalue weighted by molar-refractivity contribution is 5.85. The molecule has 3 rings (SSSR count). The van der Waals surface area contributed by atoms with Gasteiger partial charge in [0.2, 0.25) is 0 Å². The number of rotatable bonds is 7. The van der Waals surface area contributed by atoms with Crippen molar-refractivity contribution in [2.24, 2.45) is 5.92 Å². The second kappa shape index (κ2) is 11.2. The summed E-state index contributed by atoms with van der Waals surface area (Å²) in [6, 6.07) is 12.1. The number of hydrogen-bond acceptors (Lipinski definition) is 3. The molecular formula is C20H32Cl2N2O. The third-order valence-electron chi connectivity index (χ3n) is 5.22. The summed E-state index contributed by atoms with van der Waals surface area (Å²) in [5.74, 6) is 0.738. The molecule has 1 aromatic rings. The summed E-state index contributed by atoms with van der Waals surface area (Å²) >= 11 is 0. The molecule has 0 spiro atoms. The molecular weight excluding hydrogens is 355 g/mol. The lowest BCUT2D eigenvalue weighted by molar-refractivity contribution is 0.125. The summed E-state index contributed by atoms with van der Waals surface area (Å²) in [5, 5.41) is 3.89. The molecule has 0 radical (unpaired) electrons. The van der Waals surface area contributed by atoms with E-state index in [1.807, 2.05) is 0 Å². The average Bonchev–Trinajstić information content (AvgIpc) is 3.34. The Morgan fingerprint density at radius 2 is 1.88 bits per heavy atom. The van der Waals surface area contributed by atoms with Gasteiger partial charge in [0.15, 0.2) is 0 Å². The Bertz CT molecular complexity index is 516. The van der Waals surface area contributed by atoms with Crippen molar-refractivity contribution in [2.45, 2.75) is 38.3 Å². The molecule has 25 heavy (non-hydrogen) atoms. The predicted octanol–water partition coefficient (Wildman–Crippen LogP) is 4.02. The number of likely N-dealkylation sites (tertiary alicyclic amines) is 1. The molecule has 2 fully saturated rings. The molecule has 0 unspecified atom stereocenters. The highest BCUT2D eigenvalue weighted by Crippen LogP contribution is 2.38. The quantitative estimate of drug-likeness (QED) is 0.765. The van der Waals surface area contributed by atoms with Gasteiger partial charge in [-0.1, -0.05) is 42.0 Å². The fourth-order valence-electron chi connectivity index (χ4n) is 3.65. The van der Waals surface area contributed by atoms with Crippen molar-refractivity contribution in [1.29, 1.82) is 0 Å². The third kappa shape index (κ3) is 6.92. The van der Waals surface area contributed by atoms with Crippen molar-refractivity contribution in [2.75, 3.05) is 33.4 Å². The Morgan fingerprint density at radius 3 is 2.52 bits per heavy atom. The first-order chi connectivity index (χ1) is 11.3. The number of ether oxygens (including phenoxy) is 1. The highest BCUT2D eigenvalue weighted by Gasteiger charge is 2.39. The van der Waals surface area contributed by atoms with Crippen LogP contribution < -0.4 is 5.32 Å². The molecule has 1 heterocycles. The van der Waals surface area contributed by atoms with Crippen molar-refractivity contribution < 1.29 is 4.74 Å². The first kappa shape index (κ1) is 22.5. The van der Waals surface area contributed by atoms with Crippen molar-refractivity contribution in [1.82, 2.24) is 10.2 Å². The summed E-state index contributed by atoms with van der Waals surface area (Å²) in [6.07, 6.45) is 6.20. The number of halogens is 2. The third-order valence-corrected chi connectivity index (χ3v) is 5.22. The van der Waals surface area contributed by atoms with E-state index in [2.05, 4.69) is 53.5 Å². The maximum Gasteiger partial charge on any atom is 0.0589 e. The Labute approximate surface area is 165 Å². The summed E-state index contributed by atoms with van der Waals surface area (Å²) in [4.78, 5) is 2.52. The van der Waals surface area contributed by atoms with Crippen molar-refractivity contribution in [3.63, 3.8) is 0 Å². The van der Waals surface area contributed by atoms with Gasteiger partial charge in [-0.25, -0.2) is 0 Å². The first-order valence-electron chi connectivity index (χ1n) is 8.97. The maximum absolute atomic E-state index is 5.17. The Kier molecular flexibility index (Phi) is 10.1. The maximum atomic E-state index is 5.17. The Morgan fingerprint density at radius 1 is 1.20 bits per heavy atom. The molecule has 1 aliphatic carbocycles. The van der Waals surface area contributed by atoms with E-state index >= 15 is 0 Å². The number of methoxy groups -OCH3 is 1. The summed E-state index contributed by atoms with van der Waals surface area (Å²) in [5.41, 5.74) is 2.84. The van der Waals surface area contributed by atoms with E-state index < -0.39 is 0 Å². The molecule has 1 aliphatic heterocycles. The van der Waals surface area contributed by atoms with Crippen LogP contribution in [-0.2, 0) is 4.74 Å². The highest BCUT2D eigenvalue weighted by atomic mass is 35.5. The first-order valence-corrected chi connectivity index (χ1v) is 8.97. The molecule has 0 aromatic heterocycles. The van der Waals surface area contributed by atoms with Crippen LogP contribution in [0.1, 0.15) is 31.7 Å². The van der Waals surface area contributed by atoms with E-state index in [-0.39, 0.29) is 24.8 Å². The van der Waals surface area contributed by atoms with E-state index in [1.54, 1.807) is 7.11 Å². The molecule has 3 nitrogen and oxygen atoms in total. The normalized spacial score (nSPS) is 24.3. The zero-order valence-electron chi connectivity index (χ0n) is 15.3. The SMILES string of the molecule is COCCN1CCC(N[C@@H]2C[C@H]2C(C)=Cc2ccccc2)CC1.Cl.Cl. The van der Waals surface area contributed by atoms with Gasteiger partial charge in [0, 0.05) is 25.7 Å². The minimum atomic E-state index is 0. The van der Waals surface area contributed by atoms with Crippen LogP contribution in [0.2, 0.25) is 0 Å². The van der Waals surface area contributed by atoms with Gasteiger partial charge < -0.3 is 15.0 Å². The molecule has 2 aliphatic rings. The lowest BCUT2D eigenvalue weighted by Crippen LogP contribution is -2.44. The molecule has 1 aromatic carbocycles. The monoisotopic (exact) mass is 386 g/mol. The largest absolute Gasteiger partial charge is 0.383 e. The molecule has 1 saturated heterocycles. The lowest BCUT2D eigenvalue weighted by atomic mass is 10.0. The van der Waals surface area contributed by atoms with E-state index in [0.717, 1.165) is 19.1 Å². The van der Waals surface area contributed by atoms with Crippen LogP contribution in [0.25, 0.3) is 6.08 Å². The van der Waals surface area contributed by atoms with Crippen LogP contribution in [0.3, 0.4) is 0 Å². The minimum Gasteiger partial charge on any atom is -0.383 e. The number of hydrogen-bond donors (Lipinski definition) is 1. The second-order valence-corrected chi connectivity index (χ2v) is 7.02. The van der Waals surface area contributed by atoms with Gasteiger partial charge in [-0.15, -0.1) is 24.8 Å². The topological polar surface area (TPSA) is 24.5 Å². The smallest absolute Gasteiger partial charge is 0.0589 e. The van der Waals surface area contributed by atoms with E-state index in [9.17, 15) is 0 Å². The average molecular weight is 387 g/mol. The number of nitrogens with one attached hydrogen (secondary N) is 1. The predicted molar refractivity (Wildman–Crippen MR) is 111 cm³/mol. The standard InChI is InChI=1S/C20H30N2O.2ClH/c1-16(14-17-6-4-3-5-7-17)19-15-20(19)21-18-8-10-22(11-9-18)12-13-23-2;;/h3-7,14,18-21H,8-13,15H2,1-2H3;2*1H/t19-,20+;;/m0../s1. The van der Waals surface area contributed by atoms with Crippen LogP contribution in [0, 0.1) is 5.92 Å². The van der Waals surface area contributed by atoms with Gasteiger partial charge in [0.1, 0.15) is 0 Å². The molecule has 0 amide bonds. The summed E-state index contributed by atoms with van der Waals surface area (Å²) in [7, 11) is 1.78. The summed E-state index contributed by atoms with van der Waals surface area (Å²) in [6.45, 7) is 6.63. The Hall–Kier alpha value is -0.580. The number of nitrogens with zero attached hydrogens (tertiary/aromatic N) is 1. The van der Waals surface area contributed by atoms with Crippen LogP contribution in [0.15, 0.2) is 35.9 Å². The van der Waals surface area contributed by atoms with Crippen LogP contribution in [-0.4, -0.2) is 50.3 Å². The number of piperidine rings is 1. The fourth-order valence-corrected chi connectivity index (χ4v) is 3.65. The van der Waals surface area contributed by atoms with Crippen molar-refractivity contribution in [3.05, 3.63) is 41.5 Å². The van der Waals surface area contributed by atoms with Crippen molar-refractivity contribution >= 4 is 30.9 Å². The van der Waals surface area contributed by atoms with Crippen molar-refractivity contribution in [3.8, 4) is 0 Å². The van der Waals surface area contributed by atoms with Gasteiger partial charge in [-0.3, -0.25) is 0 Å². The molecule has 2 atom stereocenters. The second-order valence-electron chi connectivity index (χ2n) is 7.02. The van der Waals surface area contributed by atoms with Gasteiger partial charge >= 0.3 is 0 Å². The zero-order valence-corrected chi connectivity index (χ0v) is 17.0. The van der Waals surface area contributed by atoms with Crippen LogP contribution in [0.4, 0.5) is 0 Å². The Balaban J connectivity index is 0.00000156. The molecule has 5 heteroatoms. The fraction of sp³-hybridized carbons (Fsp3) is 0.600. The zero-order chi connectivity index (χ0) is 16.1. The molecule has 1 saturated carbocycles. The van der Waals surface area contributed by atoms with Gasteiger partial charge in [-0.05, 0) is 50.8 Å². The van der Waals surface area contributed by atoms with Crippen LogP contribution in [0.5, 0.6) is 0 Å². The van der Waals surface area contributed by atoms with Gasteiger partial charge in [-0.2, -0.15) is 0 Å². The van der Waals surface area contributed by atoms with E-state index in [1.165, 1.54) is 43.5 Å².